The van der Waals surface area contributed by atoms with Gasteiger partial charge in [-0.3, -0.25) is 0 Å². The van der Waals surface area contributed by atoms with Crippen molar-refractivity contribution in [1.82, 2.24) is 4.57 Å². The number of aromatic nitrogens is 1. The van der Waals surface area contributed by atoms with E-state index in [1.165, 1.54) is 99.8 Å². The molecule has 0 N–H and O–H groups in total. The molecule has 3 aliphatic carbocycles. The van der Waals surface area contributed by atoms with Crippen molar-refractivity contribution in [2.75, 3.05) is 0 Å². The highest BCUT2D eigenvalue weighted by molar-refractivity contribution is 6.09. The zero-order chi connectivity index (χ0) is 34.9. The van der Waals surface area contributed by atoms with Crippen LogP contribution in [0.4, 0.5) is 0 Å². The van der Waals surface area contributed by atoms with Crippen LogP contribution >= 0.6 is 0 Å². The van der Waals surface area contributed by atoms with Crippen LogP contribution in [0.15, 0.2) is 146 Å². The van der Waals surface area contributed by atoms with Crippen molar-refractivity contribution >= 4 is 21.8 Å². The Morgan fingerprint density at radius 3 is 1.52 bits per heavy atom. The Bertz CT molecular complexity index is 2710. The Balaban J connectivity index is 0.957. The number of para-hydroxylation sites is 2. The highest BCUT2D eigenvalue weighted by atomic mass is 15.0. The van der Waals surface area contributed by atoms with Gasteiger partial charge in [0.05, 0.1) is 11.0 Å². The monoisotopic (exact) mass is 667 g/mol. The van der Waals surface area contributed by atoms with E-state index in [1.54, 1.807) is 0 Å². The number of aryl methyl sites for hydroxylation is 1. The van der Waals surface area contributed by atoms with Crippen LogP contribution in [0.5, 0.6) is 0 Å². The Morgan fingerprint density at radius 2 is 0.923 bits per heavy atom. The molecule has 0 spiro atoms. The molecule has 7 aromatic carbocycles. The van der Waals surface area contributed by atoms with Gasteiger partial charge in [0.25, 0.3) is 0 Å². The molecule has 52 heavy (non-hydrogen) atoms. The van der Waals surface area contributed by atoms with Crippen LogP contribution in [0.25, 0.3) is 60.9 Å². The second-order valence-electron chi connectivity index (χ2n) is 16.4. The number of rotatable bonds is 4. The molecule has 0 amide bonds. The van der Waals surface area contributed by atoms with Gasteiger partial charge in [-0.15, -0.1) is 0 Å². The quantitative estimate of drug-likeness (QED) is 0.176. The lowest BCUT2D eigenvalue weighted by Crippen LogP contribution is -2.17. The number of fused-ring (bicyclic) bond motifs is 12. The van der Waals surface area contributed by atoms with E-state index in [0.29, 0.717) is 5.92 Å². The summed E-state index contributed by atoms with van der Waals surface area (Å²) < 4.78 is 2.45. The smallest absolute Gasteiger partial charge is 0.0541 e. The summed E-state index contributed by atoms with van der Waals surface area (Å²) in [6, 6.07) is 55.3. The number of benzene rings is 7. The molecule has 0 fully saturated rings. The number of hydrogen-bond acceptors (Lipinski definition) is 0. The van der Waals surface area contributed by atoms with Crippen molar-refractivity contribution < 1.29 is 0 Å². The lowest BCUT2D eigenvalue weighted by atomic mass is 9.79. The molecular weight excluding hydrogens is 627 g/mol. The van der Waals surface area contributed by atoms with Crippen molar-refractivity contribution in [1.29, 1.82) is 0 Å². The van der Waals surface area contributed by atoms with Crippen LogP contribution < -0.4 is 0 Å². The molecule has 1 nitrogen and oxygen atoms in total. The molecule has 0 bridgehead atoms. The molecule has 1 aromatic heterocycles. The second-order valence-corrected chi connectivity index (χ2v) is 16.4. The topological polar surface area (TPSA) is 4.93 Å². The van der Waals surface area contributed by atoms with Gasteiger partial charge in [-0.05, 0) is 122 Å². The Hall–Kier alpha value is -5.66. The molecule has 11 rings (SSSR count). The highest BCUT2D eigenvalue weighted by Gasteiger charge is 2.42. The van der Waals surface area contributed by atoms with Gasteiger partial charge in [-0.2, -0.15) is 0 Å². The van der Waals surface area contributed by atoms with Gasteiger partial charge in [0.2, 0.25) is 0 Å². The van der Waals surface area contributed by atoms with Crippen molar-refractivity contribution in [3.05, 3.63) is 185 Å². The lowest BCUT2D eigenvalue weighted by Gasteiger charge is -2.24. The average molecular weight is 668 g/mol. The molecule has 0 unspecified atom stereocenters. The fourth-order valence-corrected chi connectivity index (χ4v) is 10.4. The maximum absolute atomic E-state index is 2.55. The van der Waals surface area contributed by atoms with Crippen molar-refractivity contribution in [2.45, 2.75) is 57.3 Å². The second kappa shape index (κ2) is 10.5. The molecule has 0 saturated carbocycles. The van der Waals surface area contributed by atoms with Crippen molar-refractivity contribution in [3.8, 4) is 39.1 Å². The summed E-state index contributed by atoms with van der Waals surface area (Å²) in [5, 5.41) is 2.60. The molecule has 0 aliphatic heterocycles. The minimum atomic E-state index is -0.116. The fraction of sp³-hybridized carbons (Fsp3) is 0.176. The molecule has 1 heteroatoms. The summed E-state index contributed by atoms with van der Waals surface area (Å²) in [5.41, 5.74) is 22.1. The third kappa shape index (κ3) is 3.94. The van der Waals surface area contributed by atoms with E-state index in [9.17, 15) is 0 Å². The first-order valence-electron chi connectivity index (χ1n) is 19.0. The van der Waals surface area contributed by atoms with Crippen LogP contribution in [-0.2, 0) is 17.3 Å². The van der Waals surface area contributed by atoms with E-state index >= 15 is 0 Å². The number of hydrogen-bond donors (Lipinski definition) is 0. The molecule has 250 valence electrons. The van der Waals surface area contributed by atoms with Crippen LogP contribution in [0.1, 0.15) is 79.0 Å². The summed E-state index contributed by atoms with van der Waals surface area (Å²) >= 11 is 0. The molecule has 1 heterocycles. The highest BCUT2D eigenvalue weighted by Crippen LogP contribution is 2.57. The largest absolute Gasteiger partial charge is 0.309 e. The predicted octanol–water partition coefficient (Wildman–Crippen LogP) is 13.1. The number of nitrogens with zero attached hydrogens (tertiary/aromatic N) is 1. The maximum Gasteiger partial charge on any atom is 0.0541 e. The summed E-state index contributed by atoms with van der Waals surface area (Å²) in [7, 11) is 0. The molecule has 3 aliphatic rings. The van der Waals surface area contributed by atoms with Gasteiger partial charge in [0.1, 0.15) is 0 Å². The third-order valence-electron chi connectivity index (χ3n) is 13.0. The summed E-state index contributed by atoms with van der Waals surface area (Å²) in [6.45, 7) is 9.71. The van der Waals surface area contributed by atoms with Gasteiger partial charge in [-0.1, -0.05) is 137 Å². The van der Waals surface area contributed by atoms with Gasteiger partial charge in [-0.25, -0.2) is 0 Å². The van der Waals surface area contributed by atoms with Crippen LogP contribution in [0, 0.1) is 0 Å². The van der Waals surface area contributed by atoms with E-state index in [1.807, 2.05) is 0 Å². The van der Waals surface area contributed by atoms with Gasteiger partial charge < -0.3 is 4.57 Å². The minimum absolute atomic E-state index is 0.0714. The van der Waals surface area contributed by atoms with Gasteiger partial charge >= 0.3 is 0 Å². The summed E-state index contributed by atoms with van der Waals surface area (Å²) in [4.78, 5) is 0. The first kappa shape index (κ1) is 30.0. The van der Waals surface area contributed by atoms with E-state index in [-0.39, 0.29) is 10.8 Å². The Morgan fingerprint density at radius 1 is 0.442 bits per heavy atom. The summed E-state index contributed by atoms with van der Waals surface area (Å²) in [6.07, 6.45) is 2.19. The Kier molecular flexibility index (Phi) is 6.03. The van der Waals surface area contributed by atoms with Crippen LogP contribution in [-0.4, -0.2) is 4.57 Å². The van der Waals surface area contributed by atoms with Crippen molar-refractivity contribution in [3.63, 3.8) is 0 Å². The zero-order valence-corrected chi connectivity index (χ0v) is 30.3. The van der Waals surface area contributed by atoms with E-state index < -0.39 is 0 Å². The average Bonchev–Trinajstić information content (AvgIpc) is 3.82. The predicted molar refractivity (Wildman–Crippen MR) is 218 cm³/mol. The standard InChI is InChI=1S/C51H41N/c1-50(2)44-27-31(21-24-37-35-15-7-5-13-33(35)34-14-6-8-16-36(34)37)22-25-38(44)42-29-47-43(30-46(42)50)39-26-23-32(28-45(39)51(47,3)4)52-48-19-11-9-17-40(48)41-18-10-12-20-49(41)52/h5-20,22-23,25-30,37H,21,24H2,1-4H3. The molecular formula is C51H41N. The summed E-state index contributed by atoms with van der Waals surface area (Å²) in [5.74, 6) is 0.451. The van der Waals surface area contributed by atoms with Crippen molar-refractivity contribution in [2.24, 2.45) is 0 Å². The van der Waals surface area contributed by atoms with Gasteiger partial charge in [0, 0.05) is 33.2 Å². The maximum atomic E-state index is 2.55. The molecule has 0 saturated heterocycles. The molecule has 8 aromatic rings. The molecule has 0 radical (unpaired) electrons. The first-order chi connectivity index (χ1) is 25.3. The van der Waals surface area contributed by atoms with E-state index in [2.05, 4.69) is 178 Å². The minimum Gasteiger partial charge on any atom is -0.309 e. The SMILES string of the molecule is CC1(C)c2cc(CCC3c4ccccc4-c4ccccc43)ccc2-c2cc3c(cc21)-c1ccc(-n2c4ccccc4c4ccccc42)cc1C3(C)C. The first-order valence-corrected chi connectivity index (χ1v) is 19.0. The fourth-order valence-electron chi connectivity index (χ4n) is 10.4. The van der Waals surface area contributed by atoms with Crippen LogP contribution in [0.3, 0.4) is 0 Å². The van der Waals surface area contributed by atoms with Gasteiger partial charge in [0.15, 0.2) is 0 Å². The van der Waals surface area contributed by atoms with Crippen LogP contribution in [0.2, 0.25) is 0 Å². The molecule has 0 atom stereocenters. The third-order valence-corrected chi connectivity index (χ3v) is 13.0. The van der Waals surface area contributed by atoms with E-state index in [0.717, 1.165) is 12.8 Å². The Labute approximate surface area is 306 Å². The normalized spacial score (nSPS) is 15.7. The van der Waals surface area contributed by atoms with E-state index in [4.69, 9.17) is 0 Å². The zero-order valence-electron chi connectivity index (χ0n) is 30.3. The lowest BCUT2D eigenvalue weighted by molar-refractivity contribution is 0.650.